The van der Waals surface area contributed by atoms with Crippen LogP contribution in [0, 0.1) is 6.92 Å². The number of rotatable bonds is 7. The third-order valence-corrected chi connectivity index (χ3v) is 7.67. The fourth-order valence-electron chi connectivity index (χ4n) is 5.81. The van der Waals surface area contributed by atoms with Gasteiger partial charge in [0.25, 0.3) is 0 Å². The highest BCUT2D eigenvalue weighted by Gasteiger charge is 2.32. The summed E-state index contributed by atoms with van der Waals surface area (Å²) in [6.07, 6.45) is 1.80. The number of nitrogens with one attached hydrogen (secondary N) is 1. The van der Waals surface area contributed by atoms with Crippen LogP contribution in [0.3, 0.4) is 0 Å². The molecule has 0 bridgehead atoms. The molecule has 3 aromatic carbocycles. The van der Waals surface area contributed by atoms with Gasteiger partial charge in [0.15, 0.2) is 5.88 Å². The Hall–Kier alpha value is -4.17. The average Bonchev–Trinajstić information content (AvgIpc) is 3.47. The highest BCUT2D eigenvalue weighted by molar-refractivity contribution is 5.88. The maximum Gasteiger partial charge on any atom is 0.306 e. The number of fused-ring (bicyclic) bond motifs is 3. The third-order valence-electron chi connectivity index (χ3n) is 7.67. The number of carbonyl (C=O) groups excluding carboxylic acids is 1. The number of esters is 1. The van der Waals surface area contributed by atoms with Gasteiger partial charge in [0.2, 0.25) is 0 Å². The molecule has 3 heterocycles. The molecule has 1 aromatic heterocycles. The van der Waals surface area contributed by atoms with Crippen molar-refractivity contribution in [3.8, 4) is 5.75 Å². The minimum absolute atomic E-state index is 0.189. The smallest absolute Gasteiger partial charge is 0.306 e. The predicted molar refractivity (Wildman–Crippen MR) is 154 cm³/mol. The number of furan rings is 1. The topological polar surface area (TPSA) is 70.4 Å². The molecule has 8 nitrogen and oxygen atoms in total. The number of carbonyl (C=O) groups is 1. The summed E-state index contributed by atoms with van der Waals surface area (Å²) in [4.78, 5) is 14.4. The maximum absolute atomic E-state index is 12.0. The molecular formula is C31H34N4O4. The molecule has 0 atom stereocenters. The average molecular weight is 527 g/mol. The number of hydrogen-bond acceptors (Lipinski definition) is 8. The Morgan fingerprint density at radius 3 is 2.74 bits per heavy atom. The van der Waals surface area contributed by atoms with Crippen molar-refractivity contribution in [2.75, 3.05) is 42.2 Å². The van der Waals surface area contributed by atoms with Crippen molar-refractivity contribution in [3.63, 3.8) is 0 Å². The monoisotopic (exact) mass is 526 g/mol. The Balaban J connectivity index is 1.32. The predicted octanol–water partition coefficient (Wildman–Crippen LogP) is 5.82. The molecule has 0 fully saturated rings. The van der Waals surface area contributed by atoms with E-state index in [1.807, 2.05) is 37.2 Å². The molecule has 0 saturated carbocycles. The van der Waals surface area contributed by atoms with Crippen molar-refractivity contribution < 1.29 is 18.7 Å². The summed E-state index contributed by atoms with van der Waals surface area (Å²) in [5.74, 6) is 1.53. The number of para-hydroxylation sites is 1. The number of anilines is 4. The van der Waals surface area contributed by atoms with E-state index in [0.29, 0.717) is 19.4 Å². The Kier molecular flexibility index (Phi) is 6.56. The summed E-state index contributed by atoms with van der Waals surface area (Å²) in [6.45, 7) is 6.00. The Morgan fingerprint density at radius 1 is 1.10 bits per heavy atom. The highest BCUT2D eigenvalue weighted by atomic mass is 16.5. The fraction of sp³-hybridized carbons (Fsp3) is 0.323. The van der Waals surface area contributed by atoms with Gasteiger partial charge in [0.1, 0.15) is 17.0 Å². The lowest BCUT2D eigenvalue weighted by Gasteiger charge is -2.32. The summed E-state index contributed by atoms with van der Waals surface area (Å²) in [6, 6.07) is 18.9. The van der Waals surface area contributed by atoms with Crippen LogP contribution < -0.4 is 25.2 Å². The Labute approximate surface area is 228 Å². The van der Waals surface area contributed by atoms with E-state index in [9.17, 15) is 4.79 Å². The molecule has 0 aliphatic carbocycles. The van der Waals surface area contributed by atoms with Gasteiger partial charge in [0.05, 0.1) is 25.1 Å². The molecule has 8 heteroatoms. The van der Waals surface area contributed by atoms with E-state index >= 15 is 0 Å². The molecule has 2 aliphatic rings. The van der Waals surface area contributed by atoms with Crippen molar-refractivity contribution in [2.45, 2.75) is 39.7 Å². The largest absolute Gasteiger partial charge is 0.494 e. The second kappa shape index (κ2) is 10.2. The van der Waals surface area contributed by atoms with Crippen molar-refractivity contribution in [2.24, 2.45) is 0 Å². The molecule has 2 aliphatic heterocycles. The van der Waals surface area contributed by atoms with Crippen LogP contribution in [0.4, 0.5) is 22.9 Å². The van der Waals surface area contributed by atoms with Crippen LogP contribution >= 0.6 is 0 Å². The first kappa shape index (κ1) is 25.1. The van der Waals surface area contributed by atoms with Crippen LogP contribution in [0.1, 0.15) is 35.6 Å². The summed E-state index contributed by atoms with van der Waals surface area (Å²) >= 11 is 0. The molecule has 39 heavy (non-hydrogen) atoms. The van der Waals surface area contributed by atoms with Crippen LogP contribution in [0.5, 0.6) is 5.75 Å². The number of benzene rings is 3. The van der Waals surface area contributed by atoms with Crippen molar-refractivity contribution in [3.05, 3.63) is 76.9 Å². The minimum Gasteiger partial charge on any atom is -0.494 e. The molecule has 4 aromatic rings. The molecular weight excluding hydrogens is 492 g/mol. The van der Waals surface area contributed by atoms with Crippen molar-refractivity contribution >= 4 is 39.9 Å². The first-order chi connectivity index (χ1) is 19.0. The Bertz CT molecular complexity index is 1550. The fourth-order valence-corrected chi connectivity index (χ4v) is 5.81. The van der Waals surface area contributed by atoms with Crippen LogP contribution in [0.2, 0.25) is 0 Å². The summed E-state index contributed by atoms with van der Waals surface area (Å²) in [5, 5.41) is 5.28. The Morgan fingerprint density at radius 2 is 1.95 bits per heavy atom. The normalized spacial score (nSPS) is 14.5. The van der Waals surface area contributed by atoms with Gasteiger partial charge in [-0.05, 0) is 67.6 Å². The maximum atomic E-state index is 12.0. The van der Waals surface area contributed by atoms with Gasteiger partial charge in [-0.1, -0.05) is 30.3 Å². The standard InChI is InChI=1S/C31H34N4O4/c1-5-38-29(36)14-13-21-17-26-30(28(18-21)37-4)33(3)32-35(26)25-11-8-9-22-19-34(16-15-24(22)25)31-20(2)23-10-6-7-12-27(23)39-31/h6-12,17-18,32H,5,13-16,19H2,1-4H3. The minimum atomic E-state index is -0.189. The van der Waals surface area contributed by atoms with Gasteiger partial charge in [-0.15, -0.1) is 5.53 Å². The number of nitrogens with zero attached hydrogens (tertiary/aromatic N) is 3. The first-order valence-corrected chi connectivity index (χ1v) is 13.5. The number of ether oxygens (including phenoxy) is 2. The lowest BCUT2D eigenvalue weighted by atomic mass is 9.97. The quantitative estimate of drug-likeness (QED) is 0.302. The molecule has 0 saturated heterocycles. The summed E-state index contributed by atoms with van der Waals surface area (Å²) in [7, 11) is 3.67. The number of methoxy groups -OCH3 is 1. The molecule has 6 rings (SSSR count). The second-order valence-corrected chi connectivity index (χ2v) is 10.1. The van der Waals surface area contributed by atoms with Crippen LogP contribution in [-0.4, -0.2) is 33.3 Å². The number of aryl methyl sites for hydroxylation is 2. The van der Waals surface area contributed by atoms with Gasteiger partial charge in [-0.2, -0.15) is 0 Å². The molecule has 202 valence electrons. The molecule has 1 N–H and O–H groups in total. The lowest BCUT2D eigenvalue weighted by Crippen LogP contribution is -2.40. The molecule has 0 radical (unpaired) electrons. The zero-order valence-corrected chi connectivity index (χ0v) is 22.9. The van der Waals surface area contributed by atoms with E-state index in [1.165, 1.54) is 22.1 Å². The van der Waals surface area contributed by atoms with E-state index in [4.69, 9.17) is 13.9 Å². The van der Waals surface area contributed by atoms with E-state index in [1.54, 1.807) is 7.11 Å². The van der Waals surface area contributed by atoms with Crippen LogP contribution in [-0.2, 0) is 28.9 Å². The summed E-state index contributed by atoms with van der Waals surface area (Å²) < 4.78 is 17.2. The lowest BCUT2D eigenvalue weighted by molar-refractivity contribution is -0.143. The first-order valence-electron chi connectivity index (χ1n) is 13.5. The van der Waals surface area contributed by atoms with Gasteiger partial charge >= 0.3 is 5.97 Å². The van der Waals surface area contributed by atoms with Gasteiger partial charge < -0.3 is 18.8 Å². The molecule has 0 unspecified atom stereocenters. The SMILES string of the molecule is CCOC(=O)CCc1cc(OC)c2c(c1)N(c1cccc3c1CCN(c1oc4ccccc4c1C)C3)NN2C. The van der Waals surface area contributed by atoms with E-state index in [2.05, 4.69) is 58.8 Å². The number of hydrazine groups is 2. The zero-order chi connectivity index (χ0) is 27.1. The molecule has 0 amide bonds. The van der Waals surface area contributed by atoms with E-state index in [0.717, 1.165) is 59.4 Å². The molecule has 0 spiro atoms. The second-order valence-electron chi connectivity index (χ2n) is 10.1. The number of hydrogen-bond donors (Lipinski definition) is 1. The summed E-state index contributed by atoms with van der Waals surface area (Å²) in [5.41, 5.74) is 12.3. The highest BCUT2D eigenvalue weighted by Crippen LogP contribution is 2.46. The van der Waals surface area contributed by atoms with Crippen LogP contribution in [0.15, 0.2) is 59.0 Å². The van der Waals surface area contributed by atoms with Crippen LogP contribution in [0.25, 0.3) is 11.0 Å². The van der Waals surface area contributed by atoms with E-state index < -0.39 is 0 Å². The van der Waals surface area contributed by atoms with Gasteiger partial charge in [-0.3, -0.25) is 14.8 Å². The van der Waals surface area contributed by atoms with Gasteiger partial charge in [0, 0.05) is 37.5 Å². The van der Waals surface area contributed by atoms with Gasteiger partial charge in [-0.25, -0.2) is 0 Å². The third kappa shape index (κ3) is 4.44. The van der Waals surface area contributed by atoms with Crippen molar-refractivity contribution in [1.82, 2.24) is 5.53 Å². The van der Waals surface area contributed by atoms with E-state index in [-0.39, 0.29) is 5.97 Å². The van der Waals surface area contributed by atoms with Crippen molar-refractivity contribution in [1.29, 1.82) is 0 Å². The zero-order valence-electron chi connectivity index (χ0n) is 22.9.